The van der Waals surface area contributed by atoms with E-state index in [0.29, 0.717) is 28.6 Å². The molecule has 2 aliphatic rings. The predicted octanol–water partition coefficient (Wildman–Crippen LogP) is 4.71. The number of carbonyl (C=O) groups excluding carboxylic acids is 3. The SMILES string of the molecule is CCOc1ccc([C@@H]2[C@H](N3C(=O)c4ccc([N+](=O)[O-])cc4C3=O)C(=O)N2c2cc(Cl)ccc2C)cc1. The van der Waals surface area contributed by atoms with Gasteiger partial charge < -0.3 is 9.64 Å². The van der Waals surface area contributed by atoms with Crippen LogP contribution in [0.3, 0.4) is 0 Å². The lowest BCUT2D eigenvalue weighted by molar-refractivity contribution is -0.384. The summed E-state index contributed by atoms with van der Waals surface area (Å²) in [4.78, 5) is 53.2. The molecule has 1 saturated heterocycles. The molecule has 0 bridgehead atoms. The van der Waals surface area contributed by atoms with Crippen LogP contribution in [-0.4, -0.2) is 40.2 Å². The zero-order chi connectivity index (χ0) is 25.7. The number of halogens is 1. The maximum atomic E-state index is 13.6. The van der Waals surface area contributed by atoms with Gasteiger partial charge in [0.15, 0.2) is 0 Å². The quantitative estimate of drug-likeness (QED) is 0.208. The second kappa shape index (κ2) is 8.76. The van der Waals surface area contributed by atoms with Crippen LogP contribution in [0.5, 0.6) is 5.75 Å². The Labute approximate surface area is 211 Å². The van der Waals surface area contributed by atoms with Gasteiger partial charge in [-0.05, 0) is 55.3 Å². The molecule has 0 aromatic heterocycles. The van der Waals surface area contributed by atoms with Gasteiger partial charge in [0.05, 0.1) is 28.7 Å². The van der Waals surface area contributed by atoms with E-state index in [4.69, 9.17) is 16.3 Å². The Morgan fingerprint density at radius 3 is 2.28 bits per heavy atom. The first-order chi connectivity index (χ1) is 17.2. The number of amides is 3. The van der Waals surface area contributed by atoms with Gasteiger partial charge in [0.1, 0.15) is 11.8 Å². The normalized spacial score (nSPS) is 18.8. The molecule has 0 aliphatic carbocycles. The molecule has 2 atom stereocenters. The molecule has 0 saturated carbocycles. The second-order valence-corrected chi connectivity index (χ2v) is 8.93. The summed E-state index contributed by atoms with van der Waals surface area (Å²) in [7, 11) is 0. The average Bonchev–Trinajstić information content (AvgIpc) is 3.10. The fourth-order valence-corrected chi connectivity index (χ4v) is 4.88. The highest BCUT2D eigenvalue weighted by Gasteiger charge is 2.57. The number of non-ortho nitro benzene ring substituents is 1. The molecule has 1 fully saturated rings. The predicted molar refractivity (Wildman–Crippen MR) is 131 cm³/mol. The van der Waals surface area contributed by atoms with Crippen LogP contribution < -0.4 is 9.64 Å². The summed E-state index contributed by atoms with van der Waals surface area (Å²) in [6, 6.07) is 13.9. The van der Waals surface area contributed by atoms with E-state index < -0.39 is 34.7 Å². The highest BCUT2D eigenvalue weighted by atomic mass is 35.5. The number of benzene rings is 3. The van der Waals surface area contributed by atoms with Crippen LogP contribution >= 0.6 is 11.6 Å². The highest BCUT2D eigenvalue weighted by Crippen LogP contribution is 2.46. The summed E-state index contributed by atoms with van der Waals surface area (Å²) in [5, 5.41) is 11.6. The van der Waals surface area contributed by atoms with Crippen molar-refractivity contribution in [1.29, 1.82) is 0 Å². The Morgan fingerprint density at radius 1 is 0.917 bits per heavy atom. The van der Waals surface area contributed by atoms with E-state index >= 15 is 0 Å². The first-order valence-corrected chi connectivity index (χ1v) is 11.6. The molecule has 0 spiro atoms. The minimum Gasteiger partial charge on any atom is -0.494 e. The van der Waals surface area contributed by atoms with E-state index in [9.17, 15) is 24.5 Å². The molecule has 3 amide bonds. The van der Waals surface area contributed by atoms with Gasteiger partial charge in [-0.25, -0.2) is 0 Å². The number of imide groups is 1. The molecule has 3 aromatic carbocycles. The topological polar surface area (TPSA) is 110 Å². The van der Waals surface area contributed by atoms with Crippen molar-refractivity contribution >= 4 is 40.7 Å². The van der Waals surface area contributed by atoms with E-state index in [1.165, 1.54) is 17.0 Å². The zero-order valence-corrected chi connectivity index (χ0v) is 20.1. The molecule has 10 heteroatoms. The smallest absolute Gasteiger partial charge is 0.270 e. The first kappa shape index (κ1) is 23.5. The average molecular weight is 506 g/mol. The van der Waals surface area contributed by atoms with Gasteiger partial charge in [0.2, 0.25) is 0 Å². The van der Waals surface area contributed by atoms with Crippen molar-refractivity contribution in [2.24, 2.45) is 0 Å². The Bertz CT molecular complexity index is 1440. The molecule has 0 N–H and O–H groups in total. The molecular weight excluding hydrogens is 486 g/mol. The van der Waals surface area contributed by atoms with Crippen LogP contribution in [0.4, 0.5) is 11.4 Å². The Hall–Kier alpha value is -4.24. The highest BCUT2D eigenvalue weighted by molar-refractivity contribution is 6.31. The van der Waals surface area contributed by atoms with Gasteiger partial charge in [-0.1, -0.05) is 29.8 Å². The summed E-state index contributed by atoms with van der Waals surface area (Å²) in [6.07, 6.45) is 0. The van der Waals surface area contributed by atoms with Crippen molar-refractivity contribution < 1.29 is 24.0 Å². The van der Waals surface area contributed by atoms with Gasteiger partial charge in [-0.15, -0.1) is 0 Å². The van der Waals surface area contributed by atoms with Crippen molar-refractivity contribution in [2.75, 3.05) is 11.5 Å². The molecular formula is C26H20ClN3O6. The number of fused-ring (bicyclic) bond motifs is 1. The molecule has 182 valence electrons. The van der Waals surface area contributed by atoms with Crippen LogP contribution in [0, 0.1) is 17.0 Å². The lowest BCUT2D eigenvalue weighted by Gasteiger charge is -2.50. The third-order valence-corrected chi connectivity index (χ3v) is 6.66. The number of anilines is 1. The van der Waals surface area contributed by atoms with E-state index in [0.717, 1.165) is 16.5 Å². The third kappa shape index (κ3) is 3.59. The van der Waals surface area contributed by atoms with Gasteiger partial charge in [0.25, 0.3) is 23.4 Å². The van der Waals surface area contributed by atoms with Crippen molar-refractivity contribution in [1.82, 2.24) is 4.90 Å². The van der Waals surface area contributed by atoms with E-state index in [1.807, 2.05) is 13.8 Å². The van der Waals surface area contributed by atoms with E-state index in [1.54, 1.807) is 42.5 Å². The third-order valence-electron chi connectivity index (χ3n) is 6.42. The number of nitrogens with zero attached hydrogens (tertiary/aromatic N) is 3. The monoisotopic (exact) mass is 505 g/mol. The number of aryl methyl sites for hydroxylation is 1. The van der Waals surface area contributed by atoms with Crippen LogP contribution in [-0.2, 0) is 4.79 Å². The van der Waals surface area contributed by atoms with Crippen LogP contribution in [0.2, 0.25) is 5.02 Å². The zero-order valence-electron chi connectivity index (χ0n) is 19.3. The Balaban J connectivity index is 1.58. The molecule has 0 unspecified atom stereocenters. The lowest BCUT2D eigenvalue weighted by atomic mass is 9.85. The molecule has 3 aromatic rings. The fourth-order valence-electron chi connectivity index (χ4n) is 4.71. The number of hydrogen-bond donors (Lipinski definition) is 0. The number of carbonyl (C=O) groups is 3. The maximum absolute atomic E-state index is 13.6. The molecule has 5 rings (SSSR count). The van der Waals surface area contributed by atoms with Crippen LogP contribution in [0.25, 0.3) is 0 Å². The molecule has 0 radical (unpaired) electrons. The summed E-state index contributed by atoms with van der Waals surface area (Å²) < 4.78 is 5.52. The van der Waals surface area contributed by atoms with E-state index in [2.05, 4.69) is 0 Å². The van der Waals surface area contributed by atoms with Crippen molar-refractivity contribution in [3.05, 3.63) is 98.1 Å². The molecule has 9 nitrogen and oxygen atoms in total. The Morgan fingerprint density at radius 2 is 1.61 bits per heavy atom. The van der Waals surface area contributed by atoms with Crippen molar-refractivity contribution in [2.45, 2.75) is 25.9 Å². The summed E-state index contributed by atoms with van der Waals surface area (Å²) in [6.45, 7) is 4.19. The van der Waals surface area contributed by atoms with Crippen molar-refractivity contribution in [3.63, 3.8) is 0 Å². The van der Waals surface area contributed by atoms with E-state index in [-0.39, 0.29) is 16.8 Å². The number of rotatable bonds is 6. The minimum atomic E-state index is -1.13. The lowest BCUT2D eigenvalue weighted by Crippen LogP contribution is -2.67. The number of β-lactam (4-membered cyclic amide) rings is 1. The number of ether oxygens (including phenoxy) is 1. The fraction of sp³-hybridized carbons (Fsp3) is 0.192. The summed E-state index contributed by atoms with van der Waals surface area (Å²) >= 11 is 6.22. The Kier molecular flexibility index (Phi) is 5.72. The van der Waals surface area contributed by atoms with Gasteiger partial charge in [-0.3, -0.25) is 29.4 Å². The van der Waals surface area contributed by atoms with Gasteiger partial charge in [-0.2, -0.15) is 0 Å². The van der Waals surface area contributed by atoms with Gasteiger partial charge >= 0.3 is 0 Å². The summed E-state index contributed by atoms with van der Waals surface area (Å²) in [5.74, 6) is -1.22. The molecule has 2 heterocycles. The number of hydrogen-bond acceptors (Lipinski definition) is 6. The minimum absolute atomic E-state index is 0.0289. The van der Waals surface area contributed by atoms with Crippen LogP contribution in [0.1, 0.15) is 44.8 Å². The molecule has 36 heavy (non-hydrogen) atoms. The summed E-state index contributed by atoms with van der Waals surface area (Å²) in [5.41, 5.74) is 1.67. The number of nitro groups is 1. The maximum Gasteiger partial charge on any atom is 0.270 e. The standard InChI is InChI=1S/C26H20ClN3O6/c1-3-36-18-9-5-15(6-10-18)22-23(26(33)28(22)21-12-16(27)7-4-14(21)2)29-24(31)19-11-8-17(30(34)35)13-20(19)25(29)32/h4-13,22-23H,3H2,1-2H3/t22-,23+/m1/s1. The molecule has 2 aliphatic heterocycles. The second-order valence-electron chi connectivity index (χ2n) is 8.50. The van der Waals surface area contributed by atoms with Crippen molar-refractivity contribution in [3.8, 4) is 5.75 Å². The van der Waals surface area contributed by atoms with Gasteiger partial charge in [0, 0.05) is 22.8 Å². The largest absolute Gasteiger partial charge is 0.494 e. The van der Waals surface area contributed by atoms with Crippen LogP contribution in [0.15, 0.2) is 60.7 Å². The first-order valence-electron chi connectivity index (χ1n) is 11.2. The number of nitro benzene ring substituents is 1.